The lowest BCUT2D eigenvalue weighted by Gasteiger charge is -2.26. The Hall–Kier alpha value is -1.59. The molecule has 0 unspecified atom stereocenters. The first-order valence-electron chi connectivity index (χ1n) is 6.63. The molecule has 0 saturated heterocycles. The summed E-state index contributed by atoms with van der Waals surface area (Å²) in [6.45, 7) is 11.5. The molecule has 0 saturated carbocycles. The van der Waals surface area contributed by atoms with Gasteiger partial charge in [0.15, 0.2) is 5.78 Å². The van der Waals surface area contributed by atoms with Gasteiger partial charge in [0.05, 0.1) is 12.6 Å². The lowest BCUT2D eigenvalue weighted by Crippen LogP contribution is -2.49. The molecule has 0 aromatic heterocycles. The molecule has 0 spiro atoms. The number of carbonyl (C=O) groups excluding carboxylic acids is 3. The van der Waals surface area contributed by atoms with Crippen molar-refractivity contribution in [2.75, 3.05) is 6.61 Å². The largest absolute Gasteiger partial charge is 0.465 e. The number of Topliss-reactive ketones (excluding diaryl/α,β-unsaturated/α-hetero) is 1. The predicted octanol–water partition coefficient (Wildman–Crippen LogP) is 2.06. The van der Waals surface area contributed by atoms with Crippen LogP contribution >= 0.6 is 0 Å². The van der Waals surface area contributed by atoms with E-state index >= 15 is 0 Å². The number of ketones is 1. The second kappa shape index (κ2) is 6.72. The third-order valence-electron chi connectivity index (χ3n) is 2.53. The van der Waals surface area contributed by atoms with Gasteiger partial charge in [-0.2, -0.15) is 0 Å². The van der Waals surface area contributed by atoms with Crippen molar-refractivity contribution < 1.29 is 23.9 Å². The number of ether oxygens (including phenoxy) is 2. The van der Waals surface area contributed by atoms with Gasteiger partial charge in [-0.15, -0.1) is 0 Å². The number of carbonyl (C=O) groups is 3. The Balaban J connectivity index is 4.70. The van der Waals surface area contributed by atoms with Gasteiger partial charge in [0.1, 0.15) is 11.0 Å². The molecule has 0 aromatic carbocycles. The fourth-order valence-corrected chi connectivity index (χ4v) is 1.50. The zero-order chi connectivity index (χ0) is 16.1. The fourth-order valence-electron chi connectivity index (χ4n) is 1.50. The highest BCUT2D eigenvalue weighted by Crippen LogP contribution is 2.21. The topological polar surface area (TPSA) is 81.7 Å². The molecule has 0 aliphatic rings. The molecule has 1 amide bonds. The zero-order valence-electron chi connectivity index (χ0n) is 13.3. The van der Waals surface area contributed by atoms with Gasteiger partial charge in [0.2, 0.25) is 0 Å². The van der Waals surface area contributed by atoms with Crippen LogP contribution in [-0.4, -0.2) is 36.1 Å². The minimum atomic E-state index is -1.32. The van der Waals surface area contributed by atoms with Crippen molar-refractivity contribution >= 4 is 17.8 Å². The van der Waals surface area contributed by atoms with Crippen LogP contribution in [0.3, 0.4) is 0 Å². The molecule has 0 aromatic rings. The van der Waals surface area contributed by atoms with Crippen LogP contribution in [0, 0.1) is 5.41 Å². The van der Waals surface area contributed by atoms with Crippen LogP contribution in [0.4, 0.5) is 4.79 Å². The SMILES string of the molecule is CCOC(=O)C(C)(C)C(=O)[C@H](C)NC(=O)OC(C)(C)C. The van der Waals surface area contributed by atoms with Crippen LogP contribution in [0.1, 0.15) is 48.5 Å². The van der Waals surface area contributed by atoms with E-state index in [1.807, 2.05) is 0 Å². The first kappa shape index (κ1) is 18.4. The Morgan fingerprint density at radius 1 is 1.10 bits per heavy atom. The summed E-state index contributed by atoms with van der Waals surface area (Å²) in [4.78, 5) is 35.5. The third-order valence-corrected chi connectivity index (χ3v) is 2.53. The summed E-state index contributed by atoms with van der Waals surface area (Å²) >= 11 is 0. The first-order valence-corrected chi connectivity index (χ1v) is 6.63. The summed E-state index contributed by atoms with van der Waals surface area (Å²) in [5.41, 5.74) is -1.96. The van der Waals surface area contributed by atoms with Crippen molar-refractivity contribution in [3.05, 3.63) is 0 Å². The predicted molar refractivity (Wildman–Crippen MR) is 74.3 cm³/mol. The number of amides is 1. The van der Waals surface area contributed by atoms with E-state index in [-0.39, 0.29) is 6.61 Å². The number of rotatable bonds is 5. The highest BCUT2D eigenvalue weighted by molar-refractivity contribution is 6.06. The van der Waals surface area contributed by atoms with Gasteiger partial charge in [0.25, 0.3) is 0 Å². The molecule has 1 N–H and O–H groups in total. The summed E-state index contributed by atoms with van der Waals surface area (Å²) < 4.78 is 9.92. The van der Waals surface area contributed by atoms with Gasteiger partial charge in [-0.25, -0.2) is 4.79 Å². The second-order valence-electron chi connectivity index (χ2n) is 6.08. The molecule has 0 bridgehead atoms. The van der Waals surface area contributed by atoms with Gasteiger partial charge in [-0.1, -0.05) is 0 Å². The second-order valence-corrected chi connectivity index (χ2v) is 6.08. The Morgan fingerprint density at radius 3 is 2.00 bits per heavy atom. The van der Waals surface area contributed by atoms with Crippen molar-refractivity contribution in [1.82, 2.24) is 5.32 Å². The monoisotopic (exact) mass is 287 g/mol. The maximum atomic E-state index is 12.2. The summed E-state index contributed by atoms with van der Waals surface area (Å²) in [7, 11) is 0. The molecule has 0 aliphatic carbocycles. The van der Waals surface area contributed by atoms with E-state index in [9.17, 15) is 14.4 Å². The molecule has 6 heteroatoms. The Labute approximate surface area is 120 Å². The van der Waals surface area contributed by atoms with E-state index in [4.69, 9.17) is 9.47 Å². The number of alkyl carbamates (subject to hydrolysis) is 1. The van der Waals surface area contributed by atoms with E-state index in [0.717, 1.165) is 0 Å². The van der Waals surface area contributed by atoms with Crippen LogP contribution in [0.15, 0.2) is 0 Å². The lowest BCUT2D eigenvalue weighted by molar-refractivity contribution is -0.158. The highest BCUT2D eigenvalue weighted by Gasteiger charge is 2.40. The summed E-state index contributed by atoms with van der Waals surface area (Å²) in [6.07, 6.45) is -0.696. The van der Waals surface area contributed by atoms with Gasteiger partial charge < -0.3 is 14.8 Å². The Kier molecular flexibility index (Phi) is 6.19. The van der Waals surface area contributed by atoms with Crippen LogP contribution in [0.5, 0.6) is 0 Å². The zero-order valence-corrected chi connectivity index (χ0v) is 13.3. The van der Waals surface area contributed by atoms with Gasteiger partial charge in [-0.3, -0.25) is 9.59 Å². The average Bonchev–Trinajstić information content (AvgIpc) is 2.25. The molecule has 0 heterocycles. The van der Waals surface area contributed by atoms with E-state index < -0.39 is 34.9 Å². The standard InChI is InChI=1S/C14H25NO5/c1-8-19-11(17)14(6,7)10(16)9(2)15-12(18)20-13(3,4)5/h9H,8H2,1-7H3,(H,15,18)/t9-/m0/s1. The van der Waals surface area contributed by atoms with Gasteiger partial charge in [-0.05, 0) is 48.5 Å². The summed E-state index contributed by atoms with van der Waals surface area (Å²) in [5.74, 6) is -1.04. The summed E-state index contributed by atoms with van der Waals surface area (Å²) in [5, 5.41) is 2.42. The van der Waals surface area contributed by atoms with Crippen molar-refractivity contribution in [3.8, 4) is 0 Å². The van der Waals surface area contributed by atoms with Gasteiger partial charge >= 0.3 is 12.1 Å². The van der Waals surface area contributed by atoms with Crippen LogP contribution in [0.25, 0.3) is 0 Å². The molecule has 20 heavy (non-hydrogen) atoms. The highest BCUT2D eigenvalue weighted by atomic mass is 16.6. The fraction of sp³-hybridized carbons (Fsp3) is 0.786. The molecule has 1 atom stereocenters. The van der Waals surface area contributed by atoms with Crippen LogP contribution in [-0.2, 0) is 19.1 Å². The van der Waals surface area contributed by atoms with Crippen LogP contribution in [0.2, 0.25) is 0 Å². The number of nitrogens with one attached hydrogen (secondary N) is 1. The van der Waals surface area contributed by atoms with Crippen molar-refractivity contribution in [1.29, 1.82) is 0 Å². The average molecular weight is 287 g/mol. The maximum absolute atomic E-state index is 12.2. The van der Waals surface area contributed by atoms with E-state index in [1.165, 1.54) is 20.8 Å². The Morgan fingerprint density at radius 2 is 1.60 bits per heavy atom. The Bertz CT molecular complexity index is 382. The van der Waals surface area contributed by atoms with Crippen molar-refractivity contribution in [2.24, 2.45) is 5.41 Å². The molecule has 6 nitrogen and oxygen atoms in total. The van der Waals surface area contributed by atoms with E-state index in [0.29, 0.717) is 0 Å². The quantitative estimate of drug-likeness (QED) is 0.618. The number of esters is 1. The maximum Gasteiger partial charge on any atom is 0.408 e. The lowest BCUT2D eigenvalue weighted by atomic mass is 9.84. The third kappa shape index (κ3) is 5.59. The van der Waals surface area contributed by atoms with Crippen molar-refractivity contribution in [2.45, 2.75) is 60.1 Å². The molecule has 0 rings (SSSR count). The summed E-state index contributed by atoms with van der Waals surface area (Å²) in [6, 6.07) is -0.843. The van der Waals surface area contributed by atoms with E-state index in [2.05, 4.69) is 5.32 Å². The van der Waals surface area contributed by atoms with Crippen molar-refractivity contribution in [3.63, 3.8) is 0 Å². The molecule has 0 fully saturated rings. The molecule has 0 aliphatic heterocycles. The number of hydrogen-bond acceptors (Lipinski definition) is 5. The molecular formula is C14H25NO5. The molecular weight excluding hydrogens is 262 g/mol. The molecule has 0 radical (unpaired) electrons. The van der Waals surface area contributed by atoms with Gasteiger partial charge in [0, 0.05) is 0 Å². The first-order chi connectivity index (χ1) is 8.91. The minimum Gasteiger partial charge on any atom is -0.465 e. The smallest absolute Gasteiger partial charge is 0.408 e. The normalized spacial score (nSPS) is 13.3. The number of hydrogen-bond donors (Lipinski definition) is 1. The van der Waals surface area contributed by atoms with Crippen LogP contribution < -0.4 is 5.32 Å². The van der Waals surface area contributed by atoms with E-state index in [1.54, 1.807) is 27.7 Å². The minimum absolute atomic E-state index is 0.198. The molecule has 116 valence electrons.